The largest absolute Gasteiger partial charge is 0.411 e. The molecule has 0 saturated carbocycles. The van der Waals surface area contributed by atoms with E-state index in [1.54, 1.807) is 6.92 Å². The lowest BCUT2D eigenvalue weighted by molar-refractivity contribution is -0.173. The van der Waals surface area contributed by atoms with Gasteiger partial charge in [-0.1, -0.05) is 6.92 Å². The monoisotopic (exact) mass is 229 g/mol. The lowest BCUT2D eigenvalue weighted by Crippen LogP contribution is -2.46. The Kier molecular flexibility index (Phi) is 6.16. The molecule has 0 aliphatic heterocycles. The highest BCUT2D eigenvalue weighted by atomic mass is 19.4. The smallest absolute Gasteiger partial charge is 0.394 e. The molecule has 0 rings (SSSR count). The van der Waals surface area contributed by atoms with Gasteiger partial charge in [-0.05, 0) is 13.3 Å². The third-order valence-electron chi connectivity index (χ3n) is 2.19. The van der Waals surface area contributed by atoms with Gasteiger partial charge < -0.3 is 15.2 Å². The molecule has 0 aromatic rings. The van der Waals surface area contributed by atoms with Gasteiger partial charge in [-0.3, -0.25) is 0 Å². The highest BCUT2D eigenvalue weighted by molar-refractivity contribution is 4.79. The average Bonchev–Trinajstić information content (AvgIpc) is 2.15. The first-order chi connectivity index (χ1) is 6.83. The fourth-order valence-corrected chi connectivity index (χ4v) is 0.906. The number of ether oxygens (including phenoxy) is 1. The third-order valence-corrected chi connectivity index (χ3v) is 2.19. The minimum Gasteiger partial charge on any atom is -0.394 e. The van der Waals surface area contributed by atoms with Crippen LogP contribution in [0.4, 0.5) is 13.2 Å². The Labute approximate surface area is 87.6 Å². The molecule has 3 nitrogen and oxygen atoms in total. The SMILES string of the molecule is CCC(C)(CO)NCCOCC(F)(F)F. The van der Waals surface area contributed by atoms with Gasteiger partial charge in [0.15, 0.2) is 0 Å². The standard InChI is InChI=1S/C9H18F3NO2/c1-3-8(2,6-14)13-4-5-15-7-9(10,11)12/h13-14H,3-7H2,1-2H3. The predicted octanol–water partition coefficient (Wildman–Crippen LogP) is 1.32. The van der Waals surface area contributed by atoms with Crippen molar-refractivity contribution in [2.75, 3.05) is 26.4 Å². The number of halogens is 3. The Balaban J connectivity index is 3.54. The third kappa shape index (κ3) is 7.58. The van der Waals surface area contributed by atoms with Gasteiger partial charge >= 0.3 is 6.18 Å². The summed E-state index contributed by atoms with van der Waals surface area (Å²) in [4.78, 5) is 0. The average molecular weight is 229 g/mol. The first-order valence-corrected chi connectivity index (χ1v) is 4.83. The van der Waals surface area contributed by atoms with Gasteiger partial charge in [0.2, 0.25) is 0 Å². The second kappa shape index (κ2) is 6.30. The summed E-state index contributed by atoms with van der Waals surface area (Å²) in [6.07, 6.45) is -3.58. The van der Waals surface area contributed by atoms with Gasteiger partial charge in [0.25, 0.3) is 0 Å². The summed E-state index contributed by atoms with van der Waals surface area (Å²) in [5, 5.41) is 11.9. The Morgan fingerprint density at radius 1 is 1.33 bits per heavy atom. The van der Waals surface area contributed by atoms with E-state index < -0.39 is 18.3 Å². The van der Waals surface area contributed by atoms with E-state index in [4.69, 9.17) is 5.11 Å². The summed E-state index contributed by atoms with van der Waals surface area (Å²) in [6.45, 7) is 2.69. The molecular formula is C9H18F3NO2. The molecule has 0 aromatic heterocycles. The van der Waals surface area contributed by atoms with Crippen LogP contribution in [0.25, 0.3) is 0 Å². The molecule has 0 aliphatic rings. The topological polar surface area (TPSA) is 41.5 Å². The second-order valence-electron chi connectivity index (χ2n) is 3.67. The van der Waals surface area contributed by atoms with E-state index in [0.717, 1.165) is 0 Å². The van der Waals surface area contributed by atoms with E-state index in [1.807, 2.05) is 6.92 Å². The minimum absolute atomic E-state index is 0.0188. The van der Waals surface area contributed by atoms with Crippen LogP contribution in [0.2, 0.25) is 0 Å². The Morgan fingerprint density at radius 3 is 2.33 bits per heavy atom. The van der Waals surface area contributed by atoms with Crippen molar-refractivity contribution in [1.29, 1.82) is 0 Å². The molecule has 0 aromatic carbocycles. The molecule has 0 fully saturated rings. The molecule has 1 unspecified atom stereocenters. The highest BCUT2D eigenvalue weighted by Gasteiger charge is 2.27. The molecule has 15 heavy (non-hydrogen) atoms. The van der Waals surface area contributed by atoms with Crippen LogP contribution < -0.4 is 5.32 Å². The van der Waals surface area contributed by atoms with Crippen LogP contribution >= 0.6 is 0 Å². The van der Waals surface area contributed by atoms with E-state index in [-0.39, 0.29) is 13.2 Å². The normalized spacial score (nSPS) is 16.4. The van der Waals surface area contributed by atoms with Gasteiger partial charge in [0, 0.05) is 12.1 Å². The van der Waals surface area contributed by atoms with Crippen LogP contribution in [0.5, 0.6) is 0 Å². The number of hydrogen-bond donors (Lipinski definition) is 2. The van der Waals surface area contributed by atoms with Crippen molar-refractivity contribution in [3.05, 3.63) is 0 Å². The Bertz CT molecular complexity index is 169. The maximum Gasteiger partial charge on any atom is 0.411 e. The molecule has 2 N–H and O–H groups in total. The van der Waals surface area contributed by atoms with Crippen LogP contribution in [0.15, 0.2) is 0 Å². The first-order valence-electron chi connectivity index (χ1n) is 4.83. The van der Waals surface area contributed by atoms with Gasteiger partial charge in [-0.15, -0.1) is 0 Å². The molecule has 0 saturated heterocycles. The van der Waals surface area contributed by atoms with Crippen LogP contribution in [0.1, 0.15) is 20.3 Å². The number of alkyl halides is 3. The molecule has 1 atom stereocenters. The molecule has 0 spiro atoms. The number of aliphatic hydroxyl groups is 1. The number of nitrogens with one attached hydrogen (secondary N) is 1. The van der Waals surface area contributed by atoms with Crippen molar-refractivity contribution >= 4 is 0 Å². The lowest BCUT2D eigenvalue weighted by atomic mass is 10.0. The zero-order valence-corrected chi connectivity index (χ0v) is 9.02. The lowest BCUT2D eigenvalue weighted by Gasteiger charge is -2.27. The number of rotatable bonds is 7. The predicted molar refractivity (Wildman–Crippen MR) is 50.7 cm³/mol. The number of hydrogen-bond acceptors (Lipinski definition) is 3. The van der Waals surface area contributed by atoms with E-state index in [2.05, 4.69) is 10.1 Å². The molecule has 92 valence electrons. The van der Waals surface area contributed by atoms with Crippen molar-refractivity contribution in [3.63, 3.8) is 0 Å². The van der Waals surface area contributed by atoms with Crippen LogP contribution in [-0.2, 0) is 4.74 Å². The Morgan fingerprint density at radius 2 is 1.93 bits per heavy atom. The van der Waals surface area contributed by atoms with E-state index in [9.17, 15) is 13.2 Å². The second-order valence-corrected chi connectivity index (χ2v) is 3.67. The van der Waals surface area contributed by atoms with Crippen molar-refractivity contribution < 1.29 is 23.0 Å². The maximum atomic E-state index is 11.7. The number of aliphatic hydroxyl groups excluding tert-OH is 1. The highest BCUT2D eigenvalue weighted by Crippen LogP contribution is 2.14. The van der Waals surface area contributed by atoms with Crippen LogP contribution in [0, 0.1) is 0 Å². The first kappa shape index (κ1) is 14.7. The summed E-state index contributed by atoms with van der Waals surface area (Å²) in [5.41, 5.74) is -0.443. The van der Waals surface area contributed by atoms with Gasteiger partial charge in [0.1, 0.15) is 6.61 Å². The summed E-state index contributed by atoms with van der Waals surface area (Å²) in [6, 6.07) is 0. The fraction of sp³-hybridized carbons (Fsp3) is 1.00. The molecule has 0 aliphatic carbocycles. The van der Waals surface area contributed by atoms with Gasteiger partial charge in [-0.25, -0.2) is 0 Å². The molecule has 0 heterocycles. The van der Waals surface area contributed by atoms with E-state index in [0.29, 0.717) is 13.0 Å². The van der Waals surface area contributed by atoms with Crippen molar-refractivity contribution in [1.82, 2.24) is 5.32 Å². The molecule has 0 radical (unpaired) electrons. The fourth-order valence-electron chi connectivity index (χ4n) is 0.906. The quantitative estimate of drug-likeness (QED) is 0.647. The Hall–Kier alpha value is -0.330. The molecular weight excluding hydrogens is 211 g/mol. The zero-order chi connectivity index (χ0) is 11.9. The summed E-state index contributed by atoms with van der Waals surface area (Å²) >= 11 is 0. The van der Waals surface area contributed by atoms with Crippen molar-refractivity contribution in [3.8, 4) is 0 Å². The van der Waals surface area contributed by atoms with Crippen LogP contribution in [-0.4, -0.2) is 43.2 Å². The van der Waals surface area contributed by atoms with Crippen molar-refractivity contribution in [2.45, 2.75) is 32.0 Å². The van der Waals surface area contributed by atoms with E-state index in [1.165, 1.54) is 0 Å². The maximum absolute atomic E-state index is 11.7. The van der Waals surface area contributed by atoms with Gasteiger partial charge in [0.05, 0.1) is 13.2 Å². The van der Waals surface area contributed by atoms with Gasteiger partial charge in [-0.2, -0.15) is 13.2 Å². The summed E-state index contributed by atoms with van der Waals surface area (Å²) in [5.74, 6) is 0. The minimum atomic E-state index is -4.27. The summed E-state index contributed by atoms with van der Waals surface area (Å²) < 4.78 is 39.4. The zero-order valence-electron chi connectivity index (χ0n) is 9.02. The molecule has 0 bridgehead atoms. The summed E-state index contributed by atoms with van der Waals surface area (Å²) in [7, 11) is 0. The molecule has 0 amide bonds. The molecule has 6 heteroatoms. The van der Waals surface area contributed by atoms with E-state index >= 15 is 0 Å². The van der Waals surface area contributed by atoms with Crippen molar-refractivity contribution in [2.24, 2.45) is 0 Å². The van der Waals surface area contributed by atoms with Crippen LogP contribution in [0.3, 0.4) is 0 Å².